The molecule has 0 saturated carbocycles. The zero-order valence-electron chi connectivity index (χ0n) is 10.9. The van der Waals surface area contributed by atoms with Crippen LogP contribution in [0.2, 0.25) is 0 Å². The molecule has 1 fully saturated rings. The van der Waals surface area contributed by atoms with E-state index in [0.29, 0.717) is 18.8 Å². The molecule has 1 amide bonds. The molecule has 7 heteroatoms. The van der Waals surface area contributed by atoms with Crippen LogP contribution in [0.15, 0.2) is 0 Å². The molecule has 0 bridgehead atoms. The van der Waals surface area contributed by atoms with Crippen LogP contribution in [-0.2, 0) is 16.1 Å². The van der Waals surface area contributed by atoms with Crippen LogP contribution < -0.4 is 5.32 Å². The Bertz CT molecular complexity index is 419. The fraction of sp³-hybridized carbons (Fsp3) is 0.727. The molecule has 2 rings (SSSR count). The predicted molar refractivity (Wildman–Crippen MR) is 64.8 cm³/mol. The summed E-state index contributed by atoms with van der Waals surface area (Å²) in [6.45, 7) is 2.97. The van der Waals surface area contributed by atoms with Crippen molar-refractivity contribution in [3.63, 3.8) is 0 Å². The van der Waals surface area contributed by atoms with Crippen LogP contribution in [0.1, 0.15) is 18.1 Å². The van der Waals surface area contributed by atoms with Crippen molar-refractivity contribution in [2.75, 3.05) is 20.7 Å². The molecule has 7 nitrogen and oxygen atoms in total. The maximum atomic E-state index is 12.2. The van der Waals surface area contributed by atoms with Crippen molar-refractivity contribution in [1.82, 2.24) is 25.4 Å². The monoisotopic (exact) mass is 253 g/mol. The molecule has 2 N–H and O–H groups in total. The first kappa shape index (κ1) is 13.0. The minimum absolute atomic E-state index is 0.0528. The number of nitrogens with one attached hydrogen (secondary N) is 2. The second-order valence-corrected chi connectivity index (χ2v) is 4.59. The van der Waals surface area contributed by atoms with Gasteiger partial charge in [-0.05, 0) is 13.3 Å². The average molecular weight is 253 g/mol. The Balaban J connectivity index is 1.89. The van der Waals surface area contributed by atoms with Gasteiger partial charge in [-0.3, -0.25) is 9.89 Å². The van der Waals surface area contributed by atoms with E-state index in [1.165, 1.54) is 0 Å². The predicted octanol–water partition coefficient (Wildman–Crippen LogP) is -0.552. The number of likely N-dealkylation sites (N-methyl/N-ethyl adjacent to an activating group) is 1. The number of hydrogen-bond donors (Lipinski definition) is 2. The number of ether oxygens (including phenoxy) is 1. The molecular weight excluding hydrogens is 234 g/mol. The summed E-state index contributed by atoms with van der Waals surface area (Å²) in [5.41, 5.74) is 0. The number of methoxy groups -OCH3 is 1. The molecule has 2 unspecified atom stereocenters. The standard InChI is InChI=1S/C11H19N5O2/c1-7-13-10(15-14-7)6-16(2)11(17)9-4-8(18-3)5-12-9/h8-9,12H,4-6H2,1-3H3,(H,13,14,15). The van der Waals surface area contributed by atoms with E-state index in [4.69, 9.17) is 4.74 Å². The molecule has 2 heterocycles. The molecule has 0 spiro atoms. The van der Waals surface area contributed by atoms with Gasteiger partial charge in [0, 0.05) is 20.7 Å². The molecule has 0 aromatic carbocycles. The SMILES string of the molecule is COC1CNC(C(=O)N(C)Cc2n[nH]c(C)n2)C1. The summed E-state index contributed by atoms with van der Waals surface area (Å²) >= 11 is 0. The zero-order chi connectivity index (χ0) is 13.1. The van der Waals surface area contributed by atoms with Crippen molar-refractivity contribution < 1.29 is 9.53 Å². The maximum Gasteiger partial charge on any atom is 0.239 e. The Kier molecular flexibility index (Phi) is 3.93. The summed E-state index contributed by atoms with van der Waals surface area (Å²) in [4.78, 5) is 18.0. The summed E-state index contributed by atoms with van der Waals surface area (Å²) in [5, 5.41) is 9.95. The highest BCUT2D eigenvalue weighted by atomic mass is 16.5. The highest BCUT2D eigenvalue weighted by Gasteiger charge is 2.31. The van der Waals surface area contributed by atoms with E-state index in [-0.39, 0.29) is 18.1 Å². The molecule has 0 radical (unpaired) electrons. The number of aryl methyl sites for hydroxylation is 1. The zero-order valence-corrected chi connectivity index (χ0v) is 10.9. The van der Waals surface area contributed by atoms with E-state index >= 15 is 0 Å². The molecule has 1 aliphatic heterocycles. The van der Waals surface area contributed by atoms with E-state index in [2.05, 4.69) is 20.5 Å². The van der Waals surface area contributed by atoms with Crippen LogP contribution in [-0.4, -0.2) is 58.8 Å². The number of aromatic amines is 1. The van der Waals surface area contributed by atoms with Gasteiger partial charge in [-0.15, -0.1) is 0 Å². The van der Waals surface area contributed by atoms with E-state index in [1.54, 1.807) is 19.1 Å². The van der Waals surface area contributed by atoms with Crippen molar-refractivity contribution in [1.29, 1.82) is 0 Å². The number of aromatic nitrogens is 3. The molecular formula is C11H19N5O2. The van der Waals surface area contributed by atoms with E-state index in [9.17, 15) is 4.79 Å². The van der Waals surface area contributed by atoms with Crippen LogP contribution >= 0.6 is 0 Å². The Morgan fingerprint density at radius 3 is 2.94 bits per heavy atom. The first-order valence-corrected chi connectivity index (χ1v) is 5.99. The molecule has 1 aromatic heterocycles. The van der Waals surface area contributed by atoms with Gasteiger partial charge in [0.25, 0.3) is 0 Å². The molecule has 18 heavy (non-hydrogen) atoms. The highest BCUT2D eigenvalue weighted by Crippen LogP contribution is 2.12. The summed E-state index contributed by atoms with van der Waals surface area (Å²) in [6, 6.07) is -0.167. The van der Waals surface area contributed by atoms with Gasteiger partial charge >= 0.3 is 0 Å². The topological polar surface area (TPSA) is 83.1 Å². The van der Waals surface area contributed by atoms with Crippen molar-refractivity contribution in [2.24, 2.45) is 0 Å². The van der Waals surface area contributed by atoms with Crippen LogP contribution in [0.3, 0.4) is 0 Å². The van der Waals surface area contributed by atoms with Crippen molar-refractivity contribution in [3.05, 3.63) is 11.6 Å². The van der Waals surface area contributed by atoms with Gasteiger partial charge in [0.1, 0.15) is 5.82 Å². The minimum atomic E-state index is -0.167. The second-order valence-electron chi connectivity index (χ2n) is 4.59. The summed E-state index contributed by atoms with van der Waals surface area (Å²) in [7, 11) is 3.43. The maximum absolute atomic E-state index is 12.2. The van der Waals surface area contributed by atoms with Crippen LogP contribution in [0.4, 0.5) is 0 Å². The van der Waals surface area contributed by atoms with Crippen LogP contribution in [0.25, 0.3) is 0 Å². The number of H-pyrrole nitrogens is 1. The smallest absolute Gasteiger partial charge is 0.239 e. The van der Waals surface area contributed by atoms with Crippen molar-refractivity contribution in [3.8, 4) is 0 Å². The molecule has 1 aromatic rings. The summed E-state index contributed by atoms with van der Waals surface area (Å²) in [5.74, 6) is 1.44. The van der Waals surface area contributed by atoms with Gasteiger partial charge in [-0.25, -0.2) is 4.98 Å². The quantitative estimate of drug-likeness (QED) is 0.752. The normalized spacial score (nSPS) is 23.3. The number of nitrogens with zero attached hydrogens (tertiary/aromatic N) is 3. The number of carbonyl (C=O) groups excluding carboxylic acids is 1. The molecule has 0 aliphatic carbocycles. The Labute approximate surface area is 106 Å². The molecule has 2 atom stereocenters. The van der Waals surface area contributed by atoms with E-state index in [1.807, 2.05) is 6.92 Å². The fourth-order valence-corrected chi connectivity index (χ4v) is 2.09. The first-order valence-electron chi connectivity index (χ1n) is 5.99. The average Bonchev–Trinajstić information content (AvgIpc) is 2.97. The third-order valence-electron chi connectivity index (χ3n) is 3.12. The van der Waals surface area contributed by atoms with E-state index < -0.39 is 0 Å². The van der Waals surface area contributed by atoms with Gasteiger partial charge < -0.3 is 15.0 Å². The Morgan fingerprint density at radius 2 is 2.39 bits per heavy atom. The molecule has 100 valence electrons. The van der Waals surface area contributed by atoms with Gasteiger partial charge in [-0.1, -0.05) is 0 Å². The first-order chi connectivity index (χ1) is 8.60. The van der Waals surface area contributed by atoms with Crippen molar-refractivity contribution >= 4 is 5.91 Å². The summed E-state index contributed by atoms with van der Waals surface area (Å²) < 4.78 is 5.23. The lowest BCUT2D eigenvalue weighted by Gasteiger charge is -2.19. The van der Waals surface area contributed by atoms with Crippen molar-refractivity contribution in [2.45, 2.75) is 32.0 Å². The Morgan fingerprint density at radius 1 is 1.61 bits per heavy atom. The largest absolute Gasteiger partial charge is 0.380 e. The minimum Gasteiger partial charge on any atom is -0.380 e. The third kappa shape index (κ3) is 2.85. The third-order valence-corrected chi connectivity index (χ3v) is 3.12. The number of rotatable bonds is 4. The van der Waals surface area contributed by atoms with Gasteiger partial charge in [0.2, 0.25) is 5.91 Å². The molecule has 1 saturated heterocycles. The van der Waals surface area contributed by atoms with Gasteiger partial charge in [-0.2, -0.15) is 5.10 Å². The number of amides is 1. The lowest BCUT2D eigenvalue weighted by atomic mass is 10.2. The fourth-order valence-electron chi connectivity index (χ4n) is 2.09. The highest BCUT2D eigenvalue weighted by molar-refractivity contribution is 5.82. The Hall–Kier alpha value is -1.47. The van der Waals surface area contributed by atoms with E-state index in [0.717, 1.165) is 12.4 Å². The summed E-state index contributed by atoms with van der Waals surface area (Å²) in [6.07, 6.45) is 0.838. The second kappa shape index (κ2) is 5.45. The van der Waals surface area contributed by atoms with Gasteiger partial charge in [0.05, 0.1) is 18.7 Å². The lowest BCUT2D eigenvalue weighted by Crippen LogP contribution is -2.41. The van der Waals surface area contributed by atoms with Gasteiger partial charge in [0.15, 0.2) is 5.82 Å². The lowest BCUT2D eigenvalue weighted by molar-refractivity contribution is -0.132. The number of carbonyl (C=O) groups is 1. The van der Waals surface area contributed by atoms with Crippen LogP contribution in [0, 0.1) is 6.92 Å². The van der Waals surface area contributed by atoms with Crippen LogP contribution in [0.5, 0.6) is 0 Å². The molecule has 1 aliphatic rings. The number of hydrogen-bond acceptors (Lipinski definition) is 5.